The first-order chi connectivity index (χ1) is 8.01. The minimum Gasteiger partial charge on any atom is -0.469 e. The summed E-state index contributed by atoms with van der Waals surface area (Å²) in [5, 5.41) is 0. The van der Waals surface area contributed by atoms with Gasteiger partial charge in [-0.1, -0.05) is 13.8 Å². The standard InChI is InChI=1S/C11H18O6/c1-4-8(2)11(14)17-6-5-16-10(13)7-9(12)15-3/h8H,4-7H2,1-3H3. The minimum atomic E-state index is -0.698. The molecule has 6 heteroatoms. The SMILES string of the molecule is CCC(C)C(=O)OCCOC(=O)CC(=O)OC. The lowest BCUT2D eigenvalue weighted by atomic mass is 10.1. The quantitative estimate of drug-likeness (QED) is 0.284. The molecule has 0 fully saturated rings. The lowest BCUT2D eigenvalue weighted by Gasteiger charge is -2.09. The van der Waals surface area contributed by atoms with Crippen molar-refractivity contribution in [3.8, 4) is 0 Å². The Kier molecular flexibility index (Phi) is 7.75. The Bertz CT molecular complexity index is 273. The summed E-state index contributed by atoms with van der Waals surface area (Å²) < 4.78 is 13.8. The van der Waals surface area contributed by atoms with E-state index in [1.54, 1.807) is 6.92 Å². The Hall–Kier alpha value is -1.59. The highest BCUT2D eigenvalue weighted by molar-refractivity contribution is 5.91. The number of methoxy groups -OCH3 is 1. The highest BCUT2D eigenvalue weighted by Gasteiger charge is 2.13. The molecule has 0 rings (SSSR count). The van der Waals surface area contributed by atoms with Crippen molar-refractivity contribution in [3.05, 3.63) is 0 Å². The molecular formula is C11H18O6. The zero-order chi connectivity index (χ0) is 13.3. The van der Waals surface area contributed by atoms with Crippen LogP contribution in [0.4, 0.5) is 0 Å². The molecule has 0 aliphatic rings. The fourth-order valence-electron chi connectivity index (χ4n) is 0.848. The van der Waals surface area contributed by atoms with Crippen LogP contribution in [0, 0.1) is 5.92 Å². The smallest absolute Gasteiger partial charge is 0.317 e. The van der Waals surface area contributed by atoms with Crippen molar-refractivity contribution in [1.82, 2.24) is 0 Å². The highest BCUT2D eigenvalue weighted by atomic mass is 16.6. The van der Waals surface area contributed by atoms with Gasteiger partial charge in [0.25, 0.3) is 0 Å². The second kappa shape index (κ2) is 8.55. The van der Waals surface area contributed by atoms with Crippen LogP contribution in [0.2, 0.25) is 0 Å². The minimum absolute atomic E-state index is 0.00388. The molecule has 0 saturated heterocycles. The predicted octanol–water partition coefficient (Wildman–Crippen LogP) is 0.682. The van der Waals surface area contributed by atoms with Gasteiger partial charge in [-0.2, -0.15) is 0 Å². The molecule has 0 radical (unpaired) electrons. The fraction of sp³-hybridized carbons (Fsp3) is 0.727. The van der Waals surface area contributed by atoms with Gasteiger partial charge in [0.05, 0.1) is 13.0 Å². The van der Waals surface area contributed by atoms with Gasteiger partial charge >= 0.3 is 17.9 Å². The maximum atomic E-state index is 11.2. The third-order valence-corrected chi connectivity index (χ3v) is 2.12. The molecule has 0 N–H and O–H groups in total. The fourth-order valence-corrected chi connectivity index (χ4v) is 0.848. The van der Waals surface area contributed by atoms with Crippen LogP contribution in [0.25, 0.3) is 0 Å². The molecule has 0 amide bonds. The van der Waals surface area contributed by atoms with Crippen molar-refractivity contribution in [3.63, 3.8) is 0 Å². The van der Waals surface area contributed by atoms with Gasteiger partial charge in [0.15, 0.2) is 0 Å². The van der Waals surface area contributed by atoms with Gasteiger partial charge in [-0.05, 0) is 6.42 Å². The molecule has 0 aromatic rings. The Labute approximate surface area is 100 Å². The summed E-state index contributed by atoms with van der Waals surface area (Å²) in [6, 6.07) is 0. The van der Waals surface area contributed by atoms with Gasteiger partial charge in [0.1, 0.15) is 19.6 Å². The summed E-state index contributed by atoms with van der Waals surface area (Å²) in [6.45, 7) is 3.57. The molecule has 1 unspecified atom stereocenters. The van der Waals surface area contributed by atoms with E-state index in [4.69, 9.17) is 4.74 Å². The van der Waals surface area contributed by atoms with Crippen LogP contribution in [-0.2, 0) is 28.6 Å². The van der Waals surface area contributed by atoms with Crippen LogP contribution in [0.5, 0.6) is 0 Å². The average Bonchev–Trinajstić information content (AvgIpc) is 2.32. The highest BCUT2D eigenvalue weighted by Crippen LogP contribution is 2.02. The van der Waals surface area contributed by atoms with E-state index in [9.17, 15) is 14.4 Å². The Morgan fingerprint density at radius 2 is 1.65 bits per heavy atom. The third-order valence-electron chi connectivity index (χ3n) is 2.12. The monoisotopic (exact) mass is 246 g/mol. The largest absolute Gasteiger partial charge is 0.469 e. The zero-order valence-electron chi connectivity index (χ0n) is 10.4. The van der Waals surface area contributed by atoms with Crippen molar-refractivity contribution in [1.29, 1.82) is 0 Å². The Morgan fingerprint density at radius 1 is 1.06 bits per heavy atom. The maximum absolute atomic E-state index is 11.2. The number of carbonyl (C=O) groups is 3. The van der Waals surface area contributed by atoms with Crippen molar-refractivity contribution in [2.24, 2.45) is 5.92 Å². The Morgan fingerprint density at radius 3 is 2.18 bits per heavy atom. The number of esters is 3. The van der Waals surface area contributed by atoms with E-state index in [1.807, 2.05) is 6.92 Å². The van der Waals surface area contributed by atoms with Crippen LogP contribution >= 0.6 is 0 Å². The summed E-state index contributed by atoms with van der Waals surface area (Å²) >= 11 is 0. The molecule has 0 heterocycles. The molecule has 6 nitrogen and oxygen atoms in total. The van der Waals surface area contributed by atoms with Gasteiger partial charge in [-0.15, -0.1) is 0 Å². The predicted molar refractivity (Wildman–Crippen MR) is 58.0 cm³/mol. The van der Waals surface area contributed by atoms with Crippen LogP contribution in [0.15, 0.2) is 0 Å². The molecule has 0 aliphatic heterocycles. The van der Waals surface area contributed by atoms with E-state index in [1.165, 1.54) is 7.11 Å². The van der Waals surface area contributed by atoms with Crippen molar-refractivity contribution in [2.45, 2.75) is 26.7 Å². The normalized spacial score (nSPS) is 11.5. The average molecular weight is 246 g/mol. The Balaban J connectivity index is 3.61. The molecule has 0 spiro atoms. The van der Waals surface area contributed by atoms with Gasteiger partial charge in [0, 0.05) is 0 Å². The summed E-state index contributed by atoms with van der Waals surface area (Å²) in [6.07, 6.45) is 0.261. The van der Waals surface area contributed by atoms with Gasteiger partial charge < -0.3 is 14.2 Å². The van der Waals surface area contributed by atoms with Gasteiger partial charge in [-0.25, -0.2) is 0 Å². The second-order valence-corrected chi connectivity index (χ2v) is 3.45. The van der Waals surface area contributed by atoms with Gasteiger partial charge in [-0.3, -0.25) is 14.4 Å². The van der Waals surface area contributed by atoms with E-state index < -0.39 is 18.4 Å². The van der Waals surface area contributed by atoms with E-state index >= 15 is 0 Å². The third kappa shape index (κ3) is 7.32. The first kappa shape index (κ1) is 15.4. The first-order valence-corrected chi connectivity index (χ1v) is 5.40. The molecular weight excluding hydrogens is 228 g/mol. The molecule has 1 atom stereocenters. The van der Waals surface area contributed by atoms with Crippen LogP contribution in [-0.4, -0.2) is 38.2 Å². The van der Waals surface area contributed by atoms with Crippen LogP contribution in [0.3, 0.4) is 0 Å². The topological polar surface area (TPSA) is 78.9 Å². The number of carbonyl (C=O) groups excluding carboxylic acids is 3. The number of ether oxygens (including phenoxy) is 3. The van der Waals surface area contributed by atoms with Crippen LogP contribution in [0.1, 0.15) is 26.7 Å². The van der Waals surface area contributed by atoms with E-state index in [0.717, 1.165) is 0 Å². The molecule has 0 aromatic heterocycles. The first-order valence-electron chi connectivity index (χ1n) is 5.40. The summed E-state index contributed by atoms with van der Waals surface area (Å²) in [7, 11) is 1.18. The number of rotatable bonds is 7. The molecule has 0 aliphatic carbocycles. The van der Waals surface area contributed by atoms with E-state index in [-0.39, 0.29) is 25.1 Å². The lowest BCUT2D eigenvalue weighted by molar-refractivity contribution is -0.158. The second-order valence-electron chi connectivity index (χ2n) is 3.45. The van der Waals surface area contributed by atoms with E-state index in [2.05, 4.69) is 9.47 Å². The molecule has 0 aromatic carbocycles. The molecule has 0 saturated carbocycles. The van der Waals surface area contributed by atoms with Crippen molar-refractivity contribution < 1.29 is 28.6 Å². The summed E-state index contributed by atoms with van der Waals surface area (Å²) in [4.78, 5) is 32.9. The summed E-state index contributed by atoms with van der Waals surface area (Å²) in [5.74, 6) is -1.85. The molecule has 17 heavy (non-hydrogen) atoms. The molecule has 98 valence electrons. The van der Waals surface area contributed by atoms with E-state index in [0.29, 0.717) is 6.42 Å². The van der Waals surface area contributed by atoms with Crippen molar-refractivity contribution >= 4 is 17.9 Å². The summed E-state index contributed by atoms with van der Waals surface area (Å²) in [5.41, 5.74) is 0. The maximum Gasteiger partial charge on any atom is 0.317 e. The lowest BCUT2D eigenvalue weighted by Crippen LogP contribution is -2.19. The number of hydrogen-bond donors (Lipinski definition) is 0. The number of hydrogen-bond acceptors (Lipinski definition) is 6. The van der Waals surface area contributed by atoms with Crippen molar-refractivity contribution in [2.75, 3.05) is 20.3 Å². The van der Waals surface area contributed by atoms with Gasteiger partial charge in [0.2, 0.25) is 0 Å². The van der Waals surface area contributed by atoms with Crippen LogP contribution < -0.4 is 0 Å². The zero-order valence-corrected chi connectivity index (χ0v) is 10.4. The molecule has 0 bridgehead atoms.